The highest BCUT2D eigenvalue weighted by Gasteiger charge is 2.07. The molecule has 0 heterocycles. The van der Waals surface area contributed by atoms with Crippen molar-refractivity contribution in [2.45, 2.75) is 0 Å². The molecular formula is C14H10FN3O2. The van der Waals surface area contributed by atoms with Crippen molar-refractivity contribution in [1.82, 2.24) is 0 Å². The van der Waals surface area contributed by atoms with E-state index in [1.807, 2.05) is 6.07 Å². The molecular weight excluding hydrogens is 261 g/mol. The number of carbonyl (C=O) groups is 1. The van der Waals surface area contributed by atoms with Crippen molar-refractivity contribution in [3.63, 3.8) is 0 Å². The number of nitrogens with zero attached hydrogens (tertiary/aromatic N) is 1. The van der Waals surface area contributed by atoms with Crippen molar-refractivity contribution in [1.29, 1.82) is 5.26 Å². The summed E-state index contributed by atoms with van der Waals surface area (Å²) < 4.78 is 19.0. The summed E-state index contributed by atoms with van der Waals surface area (Å²) in [5.41, 5.74) is 5.78. The molecule has 0 aliphatic rings. The van der Waals surface area contributed by atoms with Crippen LogP contribution in [-0.4, -0.2) is 6.03 Å². The number of carbonyl (C=O) groups excluding carboxylic acids is 1. The zero-order valence-corrected chi connectivity index (χ0v) is 10.3. The molecule has 0 saturated carbocycles. The lowest BCUT2D eigenvalue weighted by atomic mass is 10.2. The lowest BCUT2D eigenvalue weighted by Gasteiger charge is -2.09. The van der Waals surface area contributed by atoms with Crippen molar-refractivity contribution >= 4 is 11.7 Å². The Morgan fingerprint density at radius 3 is 2.55 bits per heavy atom. The number of ether oxygens (including phenoxy) is 1. The number of nitrogens with two attached hydrogens (primary N) is 1. The number of hydrogen-bond donors (Lipinski definition) is 2. The molecule has 2 aromatic rings. The molecule has 2 amide bonds. The topological polar surface area (TPSA) is 88.1 Å². The van der Waals surface area contributed by atoms with Crippen LogP contribution in [0.15, 0.2) is 42.5 Å². The number of primary amides is 1. The van der Waals surface area contributed by atoms with Crippen LogP contribution in [0.1, 0.15) is 5.56 Å². The van der Waals surface area contributed by atoms with Crippen LogP contribution in [-0.2, 0) is 0 Å². The molecule has 0 fully saturated rings. The Hall–Kier alpha value is -3.07. The van der Waals surface area contributed by atoms with Crippen LogP contribution in [0.25, 0.3) is 0 Å². The highest BCUT2D eigenvalue weighted by Crippen LogP contribution is 2.27. The number of rotatable bonds is 3. The van der Waals surface area contributed by atoms with E-state index in [-0.39, 0.29) is 5.75 Å². The molecule has 0 bridgehead atoms. The summed E-state index contributed by atoms with van der Waals surface area (Å²) in [6, 6.07) is 11.3. The van der Waals surface area contributed by atoms with Crippen LogP contribution in [0.2, 0.25) is 0 Å². The number of hydrogen-bond acceptors (Lipinski definition) is 3. The monoisotopic (exact) mass is 271 g/mol. The molecule has 0 aliphatic heterocycles. The minimum Gasteiger partial charge on any atom is -0.454 e. The Bertz CT molecular complexity index is 678. The zero-order chi connectivity index (χ0) is 14.5. The summed E-state index contributed by atoms with van der Waals surface area (Å²) in [6.45, 7) is 0. The molecule has 6 heteroatoms. The Morgan fingerprint density at radius 2 is 1.95 bits per heavy atom. The molecule has 0 saturated heterocycles. The molecule has 20 heavy (non-hydrogen) atoms. The minimum atomic E-state index is -0.749. The van der Waals surface area contributed by atoms with E-state index in [9.17, 15) is 9.18 Å². The van der Waals surface area contributed by atoms with E-state index in [0.29, 0.717) is 17.0 Å². The number of anilines is 1. The van der Waals surface area contributed by atoms with Crippen molar-refractivity contribution in [3.05, 3.63) is 53.8 Å². The first-order chi connectivity index (χ1) is 9.58. The van der Waals surface area contributed by atoms with E-state index >= 15 is 0 Å². The third-order valence-corrected chi connectivity index (χ3v) is 2.41. The van der Waals surface area contributed by atoms with Gasteiger partial charge in [-0.2, -0.15) is 5.26 Å². The Balaban J connectivity index is 2.23. The smallest absolute Gasteiger partial charge is 0.316 e. The molecule has 5 nitrogen and oxygen atoms in total. The van der Waals surface area contributed by atoms with Gasteiger partial charge in [0.25, 0.3) is 0 Å². The minimum absolute atomic E-state index is 0.0547. The van der Waals surface area contributed by atoms with E-state index in [0.717, 1.165) is 6.07 Å². The van der Waals surface area contributed by atoms with Crippen LogP contribution < -0.4 is 15.8 Å². The molecule has 0 atom stereocenters. The van der Waals surface area contributed by atoms with E-state index in [1.54, 1.807) is 24.3 Å². The molecule has 0 unspecified atom stereocenters. The van der Waals surface area contributed by atoms with Gasteiger partial charge >= 0.3 is 6.03 Å². The normalized spacial score (nSPS) is 9.60. The molecule has 0 aliphatic carbocycles. The molecule has 0 radical (unpaired) electrons. The van der Waals surface area contributed by atoms with Gasteiger partial charge < -0.3 is 15.8 Å². The largest absolute Gasteiger partial charge is 0.454 e. The first kappa shape index (κ1) is 13.4. The van der Waals surface area contributed by atoms with Gasteiger partial charge in [-0.05, 0) is 36.4 Å². The van der Waals surface area contributed by atoms with Gasteiger partial charge in [-0.3, -0.25) is 0 Å². The quantitative estimate of drug-likeness (QED) is 0.899. The Kier molecular flexibility index (Phi) is 3.82. The highest BCUT2D eigenvalue weighted by atomic mass is 19.1. The molecule has 2 aromatic carbocycles. The second kappa shape index (κ2) is 5.71. The van der Waals surface area contributed by atoms with Crippen molar-refractivity contribution in [2.24, 2.45) is 5.73 Å². The first-order valence-corrected chi connectivity index (χ1v) is 5.62. The summed E-state index contributed by atoms with van der Waals surface area (Å²) in [5.74, 6) is -0.260. The average Bonchev–Trinajstić information content (AvgIpc) is 2.43. The molecule has 0 spiro atoms. The molecule has 2 rings (SSSR count). The van der Waals surface area contributed by atoms with Gasteiger partial charge in [-0.1, -0.05) is 0 Å². The fourth-order valence-electron chi connectivity index (χ4n) is 1.53. The molecule has 100 valence electrons. The van der Waals surface area contributed by atoms with Crippen molar-refractivity contribution < 1.29 is 13.9 Å². The molecule has 3 N–H and O–H groups in total. The van der Waals surface area contributed by atoms with Crippen LogP contribution in [0, 0.1) is 17.1 Å². The number of nitriles is 1. The van der Waals surface area contributed by atoms with Gasteiger partial charge in [0.1, 0.15) is 5.75 Å². The fourth-order valence-corrected chi connectivity index (χ4v) is 1.53. The summed E-state index contributed by atoms with van der Waals surface area (Å²) in [7, 11) is 0. The number of nitrogens with one attached hydrogen (secondary N) is 1. The van der Waals surface area contributed by atoms with Gasteiger partial charge in [-0.15, -0.1) is 0 Å². The van der Waals surface area contributed by atoms with E-state index in [4.69, 9.17) is 15.7 Å². The van der Waals surface area contributed by atoms with E-state index in [1.165, 1.54) is 12.1 Å². The van der Waals surface area contributed by atoms with E-state index < -0.39 is 11.8 Å². The lowest BCUT2D eigenvalue weighted by molar-refractivity contribution is 0.259. The van der Waals surface area contributed by atoms with Gasteiger partial charge in [0.05, 0.1) is 11.6 Å². The van der Waals surface area contributed by atoms with Gasteiger partial charge in [-0.25, -0.2) is 9.18 Å². The predicted octanol–water partition coefficient (Wildman–Crippen LogP) is 2.98. The second-order valence-electron chi connectivity index (χ2n) is 3.87. The average molecular weight is 271 g/mol. The van der Waals surface area contributed by atoms with Crippen LogP contribution in [0.3, 0.4) is 0 Å². The zero-order valence-electron chi connectivity index (χ0n) is 10.3. The number of urea groups is 1. The Morgan fingerprint density at radius 1 is 1.25 bits per heavy atom. The van der Waals surface area contributed by atoms with Gasteiger partial charge in [0, 0.05) is 11.8 Å². The third-order valence-electron chi connectivity index (χ3n) is 2.41. The standard InChI is InChI=1S/C14H10FN3O2/c15-12-6-3-10(18-14(17)19)7-13(12)20-11-4-1-9(8-16)2-5-11/h1-7H,(H3,17,18,19). The van der Waals surface area contributed by atoms with Crippen LogP contribution in [0.4, 0.5) is 14.9 Å². The maximum Gasteiger partial charge on any atom is 0.316 e. The first-order valence-electron chi connectivity index (χ1n) is 5.62. The molecule has 0 aromatic heterocycles. The van der Waals surface area contributed by atoms with Crippen LogP contribution >= 0.6 is 0 Å². The summed E-state index contributed by atoms with van der Waals surface area (Å²) in [6.07, 6.45) is 0. The van der Waals surface area contributed by atoms with E-state index in [2.05, 4.69) is 5.32 Å². The number of benzene rings is 2. The summed E-state index contributed by atoms with van der Waals surface area (Å²) in [4.78, 5) is 10.7. The fraction of sp³-hybridized carbons (Fsp3) is 0. The Labute approximate surface area is 114 Å². The predicted molar refractivity (Wildman–Crippen MR) is 70.8 cm³/mol. The lowest BCUT2D eigenvalue weighted by Crippen LogP contribution is -2.19. The summed E-state index contributed by atoms with van der Waals surface area (Å²) in [5, 5.41) is 11.0. The highest BCUT2D eigenvalue weighted by molar-refractivity contribution is 5.88. The SMILES string of the molecule is N#Cc1ccc(Oc2cc(NC(N)=O)ccc2F)cc1. The number of amides is 2. The second-order valence-corrected chi connectivity index (χ2v) is 3.87. The summed E-state index contributed by atoms with van der Waals surface area (Å²) >= 11 is 0. The number of halogens is 1. The van der Waals surface area contributed by atoms with Gasteiger partial charge in [0.15, 0.2) is 11.6 Å². The maximum atomic E-state index is 13.6. The third kappa shape index (κ3) is 3.23. The van der Waals surface area contributed by atoms with Crippen molar-refractivity contribution in [3.8, 4) is 17.6 Å². The maximum absolute atomic E-state index is 13.6. The van der Waals surface area contributed by atoms with Crippen molar-refractivity contribution in [2.75, 3.05) is 5.32 Å². The van der Waals surface area contributed by atoms with Crippen LogP contribution in [0.5, 0.6) is 11.5 Å². The van der Waals surface area contributed by atoms with Gasteiger partial charge in [0.2, 0.25) is 0 Å².